The quantitative estimate of drug-likeness (QED) is 0.634. The molecule has 26 heavy (non-hydrogen) atoms. The van der Waals surface area contributed by atoms with E-state index in [1.54, 1.807) is 7.05 Å². The molecule has 0 aromatic carbocycles. The van der Waals surface area contributed by atoms with E-state index in [-0.39, 0.29) is 41.9 Å². The van der Waals surface area contributed by atoms with Crippen LogP contribution in [0.2, 0.25) is 0 Å². The minimum absolute atomic E-state index is 0.0693. The molecule has 2 amide bonds. The van der Waals surface area contributed by atoms with Gasteiger partial charge in [-0.1, -0.05) is 13.8 Å². The fraction of sp³-hybridized carbons (Fsp3) is 0.438. The number of carbonyl (C=O) groups excluding carboxylic acids is 2. The zero-order valence-corrected chi connectivity index (χ0v) is 14.9. The molecule has 0 aliphatic heterocycles. The number of carboxylic acid groups (broad SMARTS) is 1. The molecule has 0 spiro atoms. The summed E-state index contributed by atoms with van der Waals surface area (Å²) in [6, 6.07) is 1.48. The van der Waals surface area contributed by atoms with Crippen molar-refractivity contribution < 1.29 is 19.5 Å². The van der Waals surface area contributed by atoms with Gasteiger partial charge in [0.1, 0.15) is 11.4 Å². The Morgan fingerprint density at radius 1 is 1.23 bits per heavy atom. The molecule has 0 saturated carbocycles. The number of hydrogen-bond donors (Lipinski definition) is 3. The van der Waals surface area contributed by atoms with Gasteiger partial charge < -0.3 is 15.7 Å². The Morgan fingerprint density at radius 2 is 1.96 bits per heavy atom. The molecule has 0 radical (unpaired) electrons. The van der Waals surface area contributed by atoms with Gasteiger partial charge in [0.05, 0.1) is 24.8 Å². The average Bonchev–Trinajstić information content (AvgIpc) is 3.17. The van der Waals surface area contributed by atoms with Crippen LogP contribution in [0.1, 0.15) is 41.2 Å². The van der Waals surface area contributed by atoms with E-state index in [0.717, 1.165) is 0 Å². The summed E-state index contributed by atoms with van der Waals surface area (Å²) < 4.78 is 2.69. The molecule has 0 saturated heterocycles. The second-order valence-corrected chi connectivity index (χ2v) is 6.17. The predicted molar refractivity (Wildman–Crippen MR) is 92.8 cm³/mol. The average molecular weight is 362 g/mol. The Hall–Kier alpha value is -3.17. The number of aliphatic carboxylic acids is 1. The van der Waals surface area contributed by atoms with Gasteiger partial charge in [-0.3, -0.25) is 23.7 Å². The summed E-state index contributed by atoms with van der Waals surface area (Å²) in [5.41, 5.74) is 0.698. The number of aromatic nitrogens is 4. The summed E-state index contributed by atoms with van der Waals surface area (Å²) in [7, 11) is 1.61. The molecule has 0 atom stereocenters. The van der Waals surface area contributed by atoms with Crippen molar-refractivity contribution >= 4 is 23.5 Å². The normalized spacial score (nSPS) is 10.8. The fourth-order valence-electron chi connectivity index (χ4n) is 2.27. The van der Waals surface area contributed by atoms with E-state index >= 15 is 0 Å². The van der Waals surface area contributed by atoms with Gasteiger partial charge in [0.25, 0.3) is 11.8 Å². The second kappa shape index (κ2) is 8.28. The molecule has 2 rings (SSSR count). The van der Waals surface area contributed by atoms with Crippen LogP contribution in [-0.4, -0.2) is 49.0 Å². The molecular weight excluding hydrogens is 340 g/mol. The van der Waals surface area contributed by atoms with Crippen molar-refractivity contribution in [3.05, 3.63) is 29.8 Å². The lowest BCUT2D eigenvalue weighted by molar-refractivity contribution is -0.137. The minimum atomic E-state index is -0.983. The Labute approximate surface area is 150 Å². The molecule has 0 fully saturated rings. The van der Waals surface area contributed by atoms with Gasteiger partial charge in [-0.25, -0.2) is 0 Å². The lowest BCUT2D eigenvalue weighted by Crippen LogP contribution is -2.30. The molecule has 3 N–H and O–H groups in total. The molecule has 10 nitrogen and oxygen atoms in total. The van der Waals surface area contributed by atoms with Crippen molar-refractivity contribution in [3.8, 4) is 0 Å². The van der Waals surface area contributed by atoms with Crippen LogP contribution in [0.4, 0.5) is 5.69 Å². The van der Waals surface area contributed by atoms with Crippen LogP contribution in [0.3, 0.4) is 0 Å². The maximum absolute atomic E-state index is 12.5. The molecule has 2 heterocycles. The van der Waals surface area contributed by atoms with E-state index in [2.05, 4.69) is 20.8 Å². The molecule has 0 unspecified atom stereocenters. The Bertz CT molecular complexity index is 808. The number of rotatable bonds is 8. The lowest BCUT2D eigenvalue weighted by atomic mass is 10.2. The molecule has 0 aliphatic rings. The molecular formula is C16H22N6O4. The highest BCUT2D eigenvalue weighted by Gasteiger charge is 2.21. The number of carboxylic acids is 1. The van der Waals surface area contributed by atoms with Crippen LogP contribution >= 0.6 is 0 Å². The monoisotopic (exact) mass is 362 g/mol. The molecule has 2 aromatic heterocycles. The van der Waals surface area contributed by atoms with E-state index in [4.69, 9.17) is 5.11 Å². The Kier molecular flexibility index (Phi) is 6.10. The highest BCUT2D eigenvalue weighted by Crippen LogP contribution is 2.16. The number of anilines is 1. The van der Waals surface area contributed by atoms with Gasteiger partial charge in [0.15, 0.2) is 0 Å². The fourth-order valence-corrected chi connectivity index (χ4v) is 2.27. The first-order chi connectivity index (χ1) is 12.3. The number of nitrogens with zero attached hydrogens (tertiary/aromatic N) is 4. The molecule has 140 valence electrons. The van der Waals surface area contributed by atoms with Gasteiger partial charge in [0, 0.05) is 19.8 Å². The smallest absolute Gasteiger partial charge is 0.305 e. The number of carbonyl (C=O) groups is 3. The number of hydrogen-bond acceptors (Lipinski definition) is 5. The third kappa shape index (κ3) is 4.68. The summed E-state index contributed by atoms with van der Waals surface area (Å²) in [4.78, 5) is 35.6. The van der Waals surface area contributed by atoms with Gasteiger partial charge in [0.2, 0.25) is 0 Å². The van der Waals surface area contributed by atoms with Gasteiger partial charge >= 0.3 is 5.97 Å². The largest absolute Gasteiger partial charge is 0.481 e. The van der Waals surface area contributed by atoms with Gasteiger partial charge in [-0.2, -0.15) is 10.2 Å². The Balaban J connectivity index is 2.14. The standard InChI is InChI=1S/C16H22N6O4/c1-10(2)8-17-16(26)14-11(9-19-21(14)3)20-15(25)12-4-6-18-22(12)7-5-13(23)24/h4,6,9-10H,5,7-8H2,1-3H3,(H,17,26)(H,20,25)(H,23,24). The lowest BCUT2D eigenvalue weighted by Gasteiger charge is -2.11. The summed E-state index contributed by atoms with van der Waals surface area (Å²) >= 11 is 0. The molecule has 0 aliphatic carbocycles. The van der Waals surface area contributed by atoms with Crippen molar-refractivity contribution in [3.63, 3.8) is 0 Å². The van der Waals surface area contributed by atoms with Crippen LogP contribution < -0.4 is 10.6 Å². The van der Waals surface area contributed by atoms with Crippen molar-refractivity contribution in [2.24, 2.45) is 13.0 Å². The zero-order valence-electron chi connectivity index (χ0n) is 14.9. The summed E-state index contributed by atoms with van der Waals surface area (Å²) in [6.07, 6.45) is 2.65. The van der Waals surface area contributed by atoms with Crippen molar-refractivity contribution in [2.75, 3.05) is 11.9 Å². The van der Waals surface area contributed by atoms with Crippen LogP contribution in [0, 0.1) is 5.92 Å². The third-order valence-corrected chi connectivity index (χ3v) is 3.56. The summed E-state index contributed by atoms with van der Waals surface area (Å²) in [6.45, 7) is 4.52. The maximum Gasteiger partial charge on any atom is 0.305 e. The van der Waals surface area contributed by atoms with Crippen LogP contribution in [0.25, 0.3) is 0 Å². The summed E-state index contributed by atoms with van der Waals surface area (Å²) in [5.74, 6) is -1.54. The Morgan fingerprint density at radius 3 is 2.62 bits per heavy atom. The topological polar surface area (TPSA) is 131 Å². The van der Waals surface area contributed by atoms with Gasteiger partial charge in [-0.15, -0.1) is 0 Å². The number of aryl methyl sites for hydroxylation is 2. The van der Waals surface area contributed by atoms with Crippen molar-refractivity contribution in [1.29, 1.82) is 0 Å². The second-order valence-electron chi connectivity index (χ2n) is 6.17. The maximum atomic E-state index is 12.5. The zero-order chi connectivity index (χ0) is 19.3. The van der Waals surface area contributed by atoms with Crippen LogP contribution in [0.15, 0.2) is 18.5 Å². The number of amides is 2. The van der Waals surface area contributed by atoms with E-state index < -0.39 is 11.9 Å². The molecule has 2 aromatic rings. The first-order valence-electron chi connectivity index (χ1n) is 8.14. The SMILES string of the molecule is CC(C)CNC(=O)c1c(NC(=O)c2ccnn2CCC(=O)O)cnn1C. The predicted octanol–water partition coefficient (Wildman–Crippen LogP) is 0.729. The van der Waals surface area contributed by atoms with Crippen molar-refractivity contribution in [2.45, 2.75) is 26.8 Å². The summed E-state index contributed by atoms with van der Waals surface area (Å²) in [5, 5.41) is 22.2. The molecule has 0 bridgehead atoms. The van der Waals surface area contributed by atoms with E-state index in [0.29, 0.717) is 6.54 Å². The van der Waals surface area contributed by atoms with Crippen molar-refractivity contribution in [1.82, 2.24) is 24.9 Å². The van der Waals surface area contributed by atoms with E-state index in [1.807, 2.05) is 13.8 Å². The third-order valence-electron chi connectivity index (χ3n) is 3.56. The van der Waals surface area contributed by atoms with Gasteiger partial charge in [-0.05, 0) is 12.0 Å². The first kappa shape index (κ1) is 19.2. The minimum Gasteiger partial charge on any atom is -0.481 e. The highest BCUT2D eigenvalue weighted by atomic mass is 16.4. The van der Waals surface area contributed by atoms with E-state index in [9.17, 15) is 14.4 Å². The first-order valence-corrected chi connectivity index (χ1v) is 8.14. The molecule has 10 heteroatoms. The highest BCUT2D eigenvalue weighted by molar-refractivity contribution is 6.07. The van der Waals surface area contributed by atoms with E-state index in [1.165, 1.54) is 27.8 Å². The van der Waals surface area contributed by atoms with Crippen LogP contribution in [0.5, 0.6) is 0 Å². The van der Waals surface area contributed by atoms with Crippen LogP contribution in [-0.2, 0) is 18.4 Å². The number of nitrogens with one attached hydrogen (secondary N) is 2.